The molecule has 1 N–H and O–H groups in total. The standard InChI is InChI=1S/C13H20BrN/c1-4-8-15-13(5-2)11-9-10(3)6-7-12(11)14/h6-7,9,13,15H,4-5,8H2,1-3H3. The second kappa shape index (κ2) is 6.29. The first kappa shape index (κ1) is 12.7. The second-order valence-electron chi connectivity index (χ2n) is 3.94. The van der Waals surface area contributed by atoms with Crippen LogP contribution in [0.1, 0.15) is 43.9 Å². The summed E-state index contributed by atoms with van der Waals surface area (Å²) in [6.45, 7) is 7.65. The van der Waals surface area contributed by atoms with Crippen molar-refractivity contribution in [2.75, 3.05) is 6.54 Å². The smallest absolute Gasteiger partial charge is 0.0328 e. The van der Waals surface area contributed by atoms with E-state index < -0.39 is 0 Å². The van der Waals surface area contributed by atoms with E-state index in [1.807, 2.05) is 0 Å². The zero-order valence-electron chi connectivity index (χ0n) is 9.81. The number of hydrogen-bond acceptors (Lipinski definition) is 1. The van der Waals surface area contributed by atoms with Gasteiger partial charge in [0.1, 0.15) is 0 Å². The second-order valence-corrected chi connectivity index (χ2v) is 4.79. The van der Waals surface area contributed by atoms with E-state index in [4.69, 9.17) is 0 Å². The molecule has 0 saturated heterocycles. The lowest BCUT2D eigenvalue weighted by Crippen LogP contribution is -2.21. The first-order valence-corrected chi connectivity index (χ1v) is 6.47. The van der Waals surface area contributed by atoms with E-state index in [2.05, 4.69) is 60.2 Å². The Morgan fingerprint density at radius 3 is 2.67 bits per heavy atom. The van der Waals surface area contributed by atoms with Gasteiger partial charge in [-0.2, -0.15) is 0 Å². The van der Waals surface area contributed by atoms with Gasteiger partial charge in [-0.25, -0.2) is 0 Å². The molecule has 2 heteroatoms. The number of halogens is 1. The Balaban J connectivity index is 2.85. The zero-order valence-corrected chi connectivity index (χ0v) is 11.4. The quantitative estimate of drug-likeness (QED) is 0.845. The van der Waals surface area contributed by atoms with Gasteiger partial charge in [0.15, 0.2) is 0 Å². The molecule has 0 aliphatic rings. The van der Waals surface area contributed by atoms with E-state index in [9.17, 15) is 0 Å². The number of benzene rings is 1. The molecule has 0 aliphatic carbocycles. The third-order valence-corrected chi connectivity index (χ3v) is 3.30. The molecule has 0 spiro atoms. The predicted molar refractivity (Wildman–Crippen MR) is 70.2 cm³/mol. The van der Waals surface area contributed by atoms with Crippen molar-refractivity contribution in [2.24, 2.45) is 0 Å². The molecular formula is C13H20BrN. The summed E-state index contributed by atoms with van der Waals surface area (Å²) in [5.41, 5.74) is 2.70. The van der Waals surface area contributed by atoms with Crippen molar-refractivity contribution in [3.63, 3.8) is 0 Å². The summed E-state index contributed by atoms with van der Waals surface area (Å²) in [6.07, 6.45) is 2.31. The number of nitrogens with one attached hydrogen (secondary N) is 1. The Bertz CT molecular complexity index is 309. The fourth-order valence-electron chi connectivity index (χ4n) is 1.72. The molecule has 0 heterocycles. The van der Waals surface area contributed by atoms with Crippen LogP contribution in [0.3, 0.4) is 0 Å². The summed E-state index contributed by atoms with van der Waals surface area (Å²) in [5.74, 6) is 0. The topological polar surface area (TPSA) is 12.0 Å². The van der Waals surface area contributed by atoms with Crippen LogP contribution in [0.15, 0.2) is 22.7 Å². The van der Waals surface area contributed by atoms with Gasteiger partial charge in [-0.3, -0.25) is 0 Å². The Morgan fingerprint density at radius 1 is 1.33 bits per heavy atom. The van der Waals surface area contributed by atoms with E-state index in [1.54, 1.807) is 0 Å². The molecule has 0 aliphatic heterocycles. The summed E-state index contributed by atoms with van der Waals surface area (Å²) < 4.78 is 1.21. The van der Waals surface area contributed by atoms with Gasteiger partial charge in [-0.05, 0) is 37.9 Å². The normalized spacial score (nSPS) is 12.8. The molecule has 0 fully saturated rings. The largest absolute Gasteiger partial charge is 0.310 e. The Kier molecular flexibility index (Phi) is 5.34. The monoisotopic (exact) mass is 269 g/mol. The third-order valence-electron chi connectivity index (χ3n) is 2.58. The molecule has 0 saturated carbocycles. The van der Waals surface area contributed by atoms with E-state index in [1.165, 1.54) is 22.0 Å². The summed E-state index contributed by atoms with van der Waals surface area (Å²) in [6, 6.07) is 7.02. The summed E-state index contributed by atoms with van der Waals surface area (Å²) in [4.78, 5) is 0. The van der Waals surface area contributed by atoms with Crippen molar-refractivity contribution in [2.45, 2.75) is 39.7 Å². The van der Waals surface area contributed by atoms with E-state index >= 15 is 0 Å². The van der Waals surface area contributed by atoms with Crippen LogP contribution in [0.4, 0.5) is 0 Å². The Morgan fingerprint density at radius 2 is 2.07 bits per heavy atom. The fourth-order valence-corrected chi connectivity index (χ4v) is 2.25. The Labute approximate surface area is 101 Å². The van der Waals surface area contributed by atoms with Crippen molar-refractivity contribution in [3.8, 4) is 0 Å². The minimum Gasteiger partial charge on any atom is -0.310 e. The number of hydrogen-bond donors (Lipinski definition) is 1. The first-order chi connectivity index (χ1) is 7.19. The van der Waals surface area contributed by atoms with Gasteiger partial charge in [0, 0.05) is 10.5 Å². The molecule has 0 aromatic heterocycles. The lowest BCUT2D eigenvalue weighted by atomic mass is 10.0. The summed E-state index contributed by atoms with van der Waals surface area (Å²) in [5, 5.41) is 3.57. The zero-order chi connectivity index (χ0) is 11.3. The molecule has 1 rings (SSSR count). The van der Waals surface area contributed by atoms with Gasteiger partial charge in [0.2, 0.25) is 0 Å². The maximum atomic E-state index is 3.62. The molecule has 1 nitrogen and oxygen atoms in total. The minimum absolute atomic E-state index is 0.472. The minimum atomic E-state index is 0.472. The molecule has 1 aromatic rings. The van der Waals surface area contributed by atoms with Gasteiger partial charge >= 0.3 is 0 Å². The molecule has 84 valence electrons. The van der Waals surface area contributed by atoms with Crippen molar-refractivity contribution in [1.29, 1.82) is 0 Å². The van der Waals surface area contributed by atoms with E-state index in [0.717, 1.165) is 13.0 Å². The Hall–Kier alpha value is -0.340. The maximum absolute atomic E-state index is 3.62. The predicted octanol–water partition coefficient (Wildman–Crippen LogP) is 4.21. The van der Waals surface area contributed by atoms with Gasteiger partial charge < -0.3 is 5.32 Å². The SMILES string of the molecule is CCCNC(CC)c1cc(C)ccc1Br. The molecular weight excluding hydrogens is 250 g/mol. The van der Waals surface area contributed by atoms with Crippen LogP contribution in [-0.2, 0) is 0 Å². The van der Waals surface area contributed by atoms with Crippen LogP contribution in [0.2, 0.25) is 0 Å². The fraction of sp³-hybridized carbons (Fsp3) is 0.538. The first-order valence-electron chi connectivity index (χ1n) is 5.68. The molecule has 0 amide bonds. The van der Waals surface area contributed by atoms with Crippen LogP contribution in [0.5, 0.6) is 0 Å². The lowest BCUT2D eigenvalue weighted by molar-refractivity contribution is 0.516. The summed E-state index contributed by atoms with van der Waals surface area (Å²) in [7, 11) is 0. The lowest BCUT2D eigenvalue weighted by Gasteiger charge is -2.19. The average Bonchev–Trinajstić information content (AvgIpc) is 2.24. The van der Waals surface area contributed by atoms with Crippen LogP contribution in [0, 0.1) is 6.92 Å². The van der Waals surface area contributed by atoms with Crippen molar-refractivity contribution in [1.82, 2.24) is 5.32 Å². The van der Waals surface area contributed by atoms with Crippen molar-refractivity contribution < 1.29 is 0 Å². The molecule has 1 atom stereocenters. The summed E-state index contributed by atoms with van der Waals surface area (Å²) >= 11 is 3.62. The van der Waals surface area contributed by atoms with Gasteiger partial charge in [0.05, 0.1) is 0 Å². The highest BCUT2D eigenvalue weighted by molar-refractivity contribution is 9.10. The molecule has 0 bridgehead atoms. The van der Waals surface area contributed by atoms with Crippen LogP contribution >= 0.6 is 15.9 Å². The highest BCUT2D eigenvalue weighted by Crippen LogP contribution is 2.26. The van der Waals surface area contributed by atoms with E-state index in [0.29, 0.717) is 6.04 Å². The molecule has 1 aromatic carbocycles. The average molecular weight is 270 g/mol. The van der Waals surface area contributed by atoms with E-state index in [-0.39, 0.29) is 0 Å². The highest BCUT2D eigenvalue weighted by atomic mass is 79.9. The number of rotatable bonds is 5. The van der Waals surface area contributed by atoms with Crippen LogP contribution < -0.4 is 5.32 Å². The molecule has 15 heavy (non-hydrogen) atoms. The third kappa shape index (κ3) is 3.62. The van der Waals surface area contributed by atoms with Crippen molar-refractivity contribution >= 4 is 15.9 Å². The van der Waals surface area contributed by atoms with Crippen molar-refractivity contribution in [3.05, 3.63) is 33.8 Å². The number of aryl methyl sites for hydroxylation is 1. The van der Waals surface area contributed by atoms with Crippen LogP contribution in [0.25, 0.3) is 0 Å². The maximum Gasteiger partial charge on any atom is 0.0328 e. The molecule has 0 radical (unpaired) electrons. The van der Waals surface area contributed by atoms with Crippen LogP contribution in [-0.4, -0.2) is 6.54 Å². The molecule has 1 unspecified atom stereocenters. The highest BCUT2D eigenvalue weighted by Gasteiger charge is 2.11. The van der Waals surface area contributed by atoms with Gasteiger partial charge in [-0.1, -0.05) is 47.5 Å². The van der Waals surface area contributed by atoms with Gasteiger partial charge in [0.25, 0.3) is 0 Å². The van der Waals surface area contributed by atoms with Gasteiger partial charge in [-0.15, -0.1) is 0 Å².